The van der Waals surface area contributed by atoms with E-state index in [4.69, 9.17) is 13.1 Å². The molecule has 2 aliphatic heterocycles. The molecule has 0 aromatic rings. The smallest absolute Gasteiger partial charge is 0.280 e. The first-order valence-corrected chi connectivity index (χ1v) is 6.03. The number of nitrogens with one attached hydrogen (secondary N) is 2. The van der Waals surface area contributed by atoms with Crippen LogP contribution in [-0.4, -0.2) is 25.4 Å². The molecule has 0 unspecified atom stereocenters. The Kier molecular flexibility index (Phi) is 2.35. The Balaban J connectivity index is 0.000000101. The third-order valence-electron chi connectivity index (χ3n) is 4.22. The molecule has 0 bridgehead atoms. The van der Waals surface area contributed by atoms with Crippen LogP contribution in [0.2, 0.25) is 0 Å². The lowest BCUT2D eigenvalue weighted by Gasteiger charge is -1.95. The molecule has 2 heterocycles. The summed E-state index contributed by atoms with van der Waals surface area (Å²) in [7, 11) is 0. The predicted octanol–water partition coefficient (Wildman–Crippen LogP) is 0.942. The minimum Gasteiger partial charge on any atom is -0.296 e. The number of nitrogens with zero attached hydrogens (tertiary/aromatic N) is 2. The fourth-order valence-electron chi connectivity index (χ4n) is 2.91. The van der Waals surface area contributed by atoms with Crippen molar-refractivity contribution in [3.63, 3.8) is 0 Å². The van der Waals surface area contributed by atoms with E-state index in [0.717, 1.165) is 36.8 Å². The predicted molar refractivity (Wildman–Crippen MR) is 60.0 cm³/mol. The topological polar surface area (TPSA) is 32.8 Å². The van der Waals surface area contributed by atoms with Crippen LogP contribution in [0.4, 0.5) is 0 Å². The van der Waals surface area contributed by atoms with Gasteiger partial charge in [-0.15, -0.1) is 0 Å². The molecule has 4 rings (SSSR count). The number of piperidine rings is 2. The van der Waals surface area contributed by atoms with Gasteiger partial charge in [0.2, 0.25) is 0 Å². The minimum absolute atomic E-state index is 0.181. The van der Waals surface area contributed by atoms with Gasteiger partial charge in [-0.25, -0.2) is 23.8 Å². The van der Waals surface area contributed by atoms with Gasteiger partial charge in [-0.1, -0.05) is 0 Å². The fourth-order valence-corrected chi connectivity index (χ4v) is 2.91. The fraction of sp³-hybridized carbons (Fsp3) is 0.833. The summed E-state index contributed by atoms with van der Waals surface area (Å²) in [5.74, 6) is 3.20. The summed E-state index contributed by atoms with van der Waals surface area (Å²) >= 11 is 0. The summed E-state index contributed by atoms with van der Waals surface area (Å²) in [5, 5.41) is 6.30. The van der Waals surface area contributed by atoms with Crippen molar-refractivity contribution >= 4 is 0 Å². The first-order valence-electron chi connectivity index (χ1n) is 6.03. The molecule has 4 fully saturated rings. The molecule has 0 radical (unpaired) electrons. The highest BCUT2D eigenvalue weighted by atomic mass is 15.1. The highest BCUT2D eigenvalue weighted by Crippen LogP contribution is 2.45. The lowest BCUT2D eigenvalue weighted by atomic mass is 10.3. The number of hydrogen-bond donors (Lipinski definition) is 2. The molecule has 4 nitrogen and oxygen atoms in total. The van der Waals surface area contributed by atoms with E-state index in [9.17, 15) is 0 Å². The largest absolute Gasteiger partial charge is 0.296 e. The molecule has 0 spiro atoms. The second kappa shape index (κ2) is 3.73. The standard InChI is InChI=1S/2C6H8N2/c2*1-7-6-5-2-4(5)3-8-6/h2*4-6,8H,2-3H2/t2*4-,5-,6-/m10/s1. The molecule has 2 saturated heterocycles. The SMILES string of the molecule is [C-]#[N+][C@@H]1NC[C@H]2C[C@H]21.[C-]#[N+][C@H]1NC[C@@H]2C[C@@H]21. The van der Waals surface area contributed by atoms with Crippen LogP contribution in [0.15, 0.2) is 0 Å². The van der Waals surface area contributed by atoms with E-state index in [2.05, 4.69) is 20.3 Å². The van der Waals surface area contributed by atoms with Crippen LogP contribution in [0.1, 0.15) is 12.8 Å². The molecule has 0 aromatic heterocycles. The normalized spacial score (nSPS) is 50.1. The Morgan fingerprint density at radius 3 is 1.38 bits per heavy atom. The van der Waals surface area contributed by atoms with Crippen molar-refractivity contribution in [2.75, 3.05) is 13.1 Å². The molecular formula is C12H16N4. The van der Waals surface area contributed by atoms with Crippen LogP contribution in [0.25, 0.3) is 9.69 Å². The highest BCUT2D eigenvalue weighted by Gasteiger charge is 2.52. The summed E-state index contributed by atoms with van der Waals surface area (Å²) in [6, 6.07) is 0. The van der Waals surface area contributed by atoms with Crippen molar-refractivity contribution in [3.8, 4) is 0 Å². The average Bonchev–Trinajstić information content (AvgIpc) is 3.21. The number of hydrogen-bond acceptors (Lipinski definition) is 2. The van der Waals surface area contributed by atoms with E-state index >= 15 is 0 Å². The van der Waals surface area contributed by atoms with Crippen molar-refractivity contribution < 1.29 is 0 Å². The maximum Gasteiger partial charge on any atom is 0.280 e. The Hall–Kier alpha value is -1.10. The third-order valence-corrected chi connectivity index (χ3v) is 4.22. The van der Waals surface area contributed by atoms with Gasteiger partial charge < -0.3 is 0 Å². The van der Waals surface area contributed by atoms with E-state index in [-0.39, 0.29) is 12.3 Å². The van der Waals surface area contributed by atoms with E-state index in [1.54, 1.807) is 0 Å². The van der Waals surface area contributed by atoms with Crippen LogP contribution in [0.3, 0.4) is 0 Å². The zero-order valence-electron chi connectivity index (χ0n) is 9.19. The van der Waals surface area contributed by atoms with Crippen LogP contribution in [0, 0.1) is 36.8 Å². The summed E-state index contributed by atoms with van der Waals surface area (Å²) in [4.78, 5) is 6.90. The van der Waals surface area contributed by atoms with Gasteiger partial charge in [-0.3, -0.25) is 9.69 Å². The first-order chi connectivity index (χ1) is 7.83. The Bertz CT molecular complexity index is 330. The summed E-state index contributed by atoms with van der Waals surface area (Å²) in [6.45, 7) is 15.6. The van der Waals surface area contributed by atoms with E-state index in [1.807, 2.05) is 0 Å². The lowest BCUT2D eigenvalue weighted by molar-refractivity contribution is 0.626. The summed E-state index contributed by atoms with van der Waals surface area (Å²) in [6.07, 6.45) is 2.97. The second-order valence-electron chi connectivity index (χ2n) is 5.28. The van der Waals surface area contributed by atoms with Gasteiger partial charge in [-0.2, -0.15) is 0 Å². The highest BCUT2D eigenvalue weighted by molar-refractivity contribution is 5.06. The van der Waals surface area contributed by atoms with E-state index in [0.29, 0.717) is 0 Å². The minimum atomic E-state index is 0.181. The molecule has 0 aromatic carbocycles. The van der Waals surface area contributed by atoms with Crippen molar-refractivity contribution in [2.24, 2.45) is 23.7 Å². The molecule has 2 saturated carbocycles. The van der Waals surface area contributed by atoms with Crippen LogP contribution < -0.4 is 10.6 Å². The van der Waals surface area contributed by atoms with Gasteiger partial charge in [0.25, 0.3) is 12.3 Å². The molecule has 2 aliphatic carbocycles. The zero-order valence-corrected chi connectivity index (χ0v) is 9.19. The molecule has 0 amide bonds. The molecule has 4 aliphatic rings. The number of fused-ring (bicyclic) bond motifs is 2. The zero-order chi connectivity index (χ0) is 11.1. The molecular weight excluding hydrogens is 200 g/mol. The second-order valence-corrected chi connectivity index (χ2v) is 5.28. The molecule has 16 heavy (non-hydrogen) atoms. The average molecular weight is 216 g/mol. The van der Waals surface area contributed by atoms with Gasteiger partial charge in [0, 0.05) is 13.1 Å². The third kappa shape index (κ3) is 1.69. The maximum absolute atomic E-state index is 6.72. The van der Waals surface area contributed by atoms with Crippen LogP contribution in [-0.2, 0) is 0 Å². The molecule has 84 valence electrons. The van der Waals surface area contributed by atoms with Gasteiger partial charge in [-0.05, 0) is 24.7 Å². The number of rotatable bonds is 0. The van der Waals surface area contributed by atoms with E-state index in [1.165, 1.54) is 12.8 Å². The van der Waals surface area contributed by atoms with Gasteiger partial charge >= 0.3 is 0 Å². The van der Waals surface area contributed by atoms with Crippen molar-refractivity contribution in [3.05, 3.63) is 22.8 Å². The molecule has 4 heteroatoms. The van der Waals surface area contributed by atoms with Gasteiger partial charge in [0.15, 0.2) is 0 Å². The van der Waals surface area contributed by atoms with E-state index < -0.39 is 0 Å². The Labute approximate surface area is 96.0 Å². The monoisotopic (exact) mass is 216 g/mol. The summed E-state index contributed by atoms with van der Waals surface area (Å²) < 4.78 is 0. The quantitative estimate of drug-likeness (QED) is 0.591. The molecule has 2 N–H and O–H groups in total. The van der Waals surface area contributed by atoms with Crippen LogP contribution in [0.5, 0.6) is 0 Å². The summed E-state index contributed by atoms with van der Waals surface area (Å²) in [5.41, 5.74) is 0. The van der Waals surface area contributed by atoms with Crippen molar-refractivity contribution in [1.29, 1.82) is 0 Å². The van der Waals surface area contributed by atoms with Crippen molar-refractivity contribution in [2.45, 2.75) is 25.2 Å². The first kappa shape index (κ1) is 10.1. The Morgan fingerprint density at radius 2 is 1.25 bits per heavy atom. The molecule has 6 atom stereocenters. The van der Waals surface area contributed by atoms with Crippen molar-refractivity contribution in [1.82, 2.24) is 10.6 Å². The van der Waals surface area contributed by atoms with Gasteiger partial charge in [0.1, 0.15) is 0 Å². The van der Waals surface area contributed by atoms with Crippen LogP contribution >= 0.6 is 0 Å². The van der Waals surface area contributed by atoms with Gasteiger partial charge in [0.05, 0.1) is 11.8 Å². The lowest BCUT2D eigenvalue weighted by Crippen LogP contribution is -2.21. The Morgan fingerprint density at radius 1 is 0.812 bits per heavy atom. The maximum atomic E-state index is 6.72.